The van der Waals surface area contributed by atoms with Crippen molar-refractivity contribution in [3.8, 4) is 0 Å². The molecule has 0 bridgehead atoms. The van der Waals surface area contributed by atoms with Gasteiger partial charge in [0.25, 0.3) is 0 Å². The highest BCUT2D eigenvalue weighted by molar-refractivity contribution is 5.60. The van der Waals surface area contributed by atoms with Crippen LogP contribution in [0, 0.1) is 15.5 Å². The predicted octanol–water partition coefficient (Wildman–Crippen LogP) is 2.88. The molecule has 0 aliphatic carbocycles. The molecule has 0 spiro atoms. The number of anilines is 2. The van der Waals surface area contributed by atoms with Gasteiger partial charge in [-0.15, -0.1) is 0 Å². The van der Waals surface area contributed by atoms with Crippen molar-refractivity contribution in [1.29, 1.82) is 0 Å². The fraction of sp³-hybridized carbons (Fsp3) is 0.583. The summed E-state index contributed by atoms with van der Waals surface area (Å²) in [5.41, 5.74) is 0.0323. The molecule has 6 nitrogen and oxygen atoms in total. The molecule has 100 valence electrons. The first-order valence-corrected chi connectivity index (χ1v) is 5.96. The van der Waals surface area contributed by atoms with Crippen molar-refractivity contribution in [3.05, 3.63) is 22.2 Å². The Morgan fingerprint density at radius 2 is 2.00 bits per heavy atom. The molecule has 0 saturated carbocycles. The zero-order valence-electron chi connectivity index (χ0n) is 11.3. The number of nitro groups is 1. The number of aromatic nitrogens is 1. The maximum absolute atomic E-state index is 10.9. The molecule has 1 aromatic heterocycles. The molecule has 0 aromatic carbocycles. The second-order valence-electron chi connectivity index (χ2n) is 5.27. The van der Waals surface area contributed by atoms with Crippen molar-refractivity contribution < 1.29 is 4.92 Å². The molecule has 1 aromatic rings. The average Bonchev–Trinajstić information content (AvgIpc) is 2.25. The zero-order chi connectivity index (χ0) is 13.8. The van der Waals surface area contributed by atoms with E-state index in [1.54, 1.807) is 6.07 Å². The minimum absolute atomic E-state index is 0.000836. The van der Waals surface area contributed by atoms with E-state index < -0.39 is 4.92 Å². The Labute approximate surface area is 107 Å². The fourth-order valence-electron chi connectivity index (χ4n) is 1.36. The lowest BCUT2D eigenvalue weighted by Gasteiger charge is -2.19. The van der Waals surface area contributed by atoms with Gasteiger partial charge in [0.1, 0.15) is 5.82 Å². The van der Waals surface area contributed by atoms with E-state index in [9.17, 15) is 10.1 Å². The first-order valence-electron chi connectivity index (χ1n) is 5.96. The van der Waals surface area contributed by atoms with Crippen LogP contribution in [-0.4, -0.2) is 23.0 Å². The first-order chi connectivity index (χ1) is 8.33. The third-order valence-electron chi connectivity index (χ3n) is 2.21. The maximum atomic E-state index is 10.9. The SMILES string of the molecule is CCNc1ccc([N+](=O)[O-])c(NCC(C)(C)C)n1. The summed E-state index contributed by atoms with van der Waals surface area (Å²) >= 11 is 0. The van der Waals surface area contributed by atoms with E-state index in [1.807, 2.05) is 6.92 Å². The summed E-state index contributed by atoms with van der Waals surface area (Å²) in [4.78, 5) is 14.7. The van der Waals surface area contributed by atoms with Crippen molar-refractivity contribution in [3.63, 3.8) is 0 Å². The lowest BCUT2D eigenvalue weighted by molar-refractivity contribution is -0.384. The van der Waals surface area contributed by atoms with Crippen molar-refractivity contribution in [2.45, 2.75) is 27.7 Å². The summed E-state index contributed by atoms with van der Waals surface area (Å²) in [6.45, 7) is 9.46. The van der Waals surface area contributed by atoms with Gasteiger partial charge in [-0.05, 0) is 18.4 Å². The Hall–Kier alpha value is -1.85. The molecule has 0 aliphatic rings. The minimum Gasteiger partial charge on any atom is -0.370 e. The third-order valence-corrected chi connectivity index (χ3v) is 2.21. The van der Waals surface area contributed by atoms with Gasteiger partial charge in [0.15, 0.2) is 0 Å². The molecule has 0 radical (unpaired) electrons. The molecule has 6 heteroatoms. The van der Waals surface area contributed by atoms with Crippen LogP contribution in [0.15, 0.2) is 12.1 Å². The largest absolute Gasteiger partial charge is 0.370 e. The molecule has 1 rings (SSSR count). The molecule has 0 atom stereocenters. The third kappa shape index (κ3) is 4.20. The molecular weight excluding hydrogens is 232 g/mol. The lowest BCUT2D eigenvalue weighted by atomic mass is 9.97. The number of pyridine rings is 1. The van der Waals surface area contributed by atoms with Crippen LogP contribution in [0.3, 0.4) is 0 Å². The zero-order valence-corrected chi connectivity index (χ0v) is 11.3. The van der Waals surface area contributed by atoms with Crippen LogP contribution in [0.2, 0.25) is 0 Å². The fourth-order valence-corrected chi connectivity index (χ4v) is 1.36. The van der Waals surface area contributed by atoms with Gasteiger partial charge in [-0.1, -0.05) is 20.8 Å². The Morgan fingerprint density at radius 3 is 2.50 bits per heavy atom. The van der Waals surface area contributed by atoms with E-state index in [1.165, 1.54) is 6.07 Å². The van der Waals surface area contributed by atoms with Gasteiger partial charge in [-0.25, -0.2) is 4.98 Å². The van der Waals surface area contributed by atoms with Gasteiger partial charge < -0.3 is 10.6 Å². The molecule has 0 fully saturated rings. The minimum atomic E-state index is -0.423. The standard InChI is InChI=1S/C12H20N4O2/c1-5-13-10-7-6-9(16(17)18)11(15-10)14-8-12(2,3)4/h6-7H,5,8H2,1-4H3,(H2,13,14,15). The molecular formula is C12H20N4O2. The van der Waals surface area contributed by atoms with Crippen molar-refractivity contribution in [1.82, 2.24) is 4.98 Å². The van der Waals surface area contributed by atoms with Gasteiger partial charge in [0.2, 0.25) is 5.82 Å². The number of hydrogen-bond acceptors (Lipinski definition) is 5. The van der Waals surface area contributed by atoms with Gasteiger partial charge in [0.05, 0.1) is 4.92 Å². The Kier molecular flexibility index (Phi) is 4.47. The van der Waals surface area contributed by atoms with Crippen LogP contribution in [0.4, 0.5) is 17.3 Å². The van der Waals surface area contributed by atoms with E-state index in [0.717, 1.165) is 6.54 Å². The van der Waals surface area contributed by atoms with Crippen molar-refractivity contribution in [2.75, 3.05) is 23.7 Å². The number of nitrogens with zero attached hydrogens (tertiary/aromatic N) is 2. The second-order valence-corrected chi connectivity index (χ2v) is 5.27. The molecule has 18 heavy (non-hydrogen) atoms. The number of nitrogens with one attached hydrogen (secondary N) is 2. The van der Waals surface area contributed by atoms with Crippen LogP contribution < -0.4 is 10.6 Å². The van der Waals surface area contributed by atoms with E-state index in [4.69, 9.17) is 0 Å². The van der Waals surface area contributed by atoms with Crippen LogP contribution in [0.25, 0.3) is 0 Å². The van der Waals surface area contributed by atoms with E-state index in [0.29, 0.717) is 18.2 Å². The van der Waals surface area contributed by atoms with E-state index in [2.05, 4.69) is 36.4 Å². The van der Waals surface area contributed by atoms with Crippen molar-refractivity contribution in [2.24, 2.45) is 5.41 Å². The summed E-state index contributed by atoms with van der Waals surface area (Å²) in [7, 11) is 0. The summed E-state index contributed by atoms with van der Waals surface area (Å²) in [6.07, 6.45) is 0. The van der Waals surface area contributed by atoms with E-state index in [-0.39, 0.29) is 11.1 Å². The smallest absolute Gasteiger partial charge is 0.311 e. The maximum Gasteiger partial charge on any atom is 0.311 e. The number of rotatable bonds is 5. The highest BCUT2D eigenvalue weighted by Crippen LogP contribution is 2.25. The predicted molar refractivity (Wildman–Crippen MR) is 73.0 cm³/mol. The first kappa shape index (κ1) is 14.2. The summed E-state index contributed by atoms with van der Waals surface area (Å²) in [5.74, 6) is 0.952. The average molecular weight is 252 g/mol. The summed E-state index contributed by atoms with van der Waals surface area (Å²) < 4.78 is 0. The summed E-state index contributed by atoms with van der Waals surface area (Å²) in [6, 6.07) is 3.08. The molecule has 0 amide bonds. The highest BCUT2D eigenvalue weighted by Gasteiger charge is 2.18. The van der Waals surface area contributed by atoms with Gasteiger partial charge in [-0.2, -0.15) is 0 Å². The molecule has 2 N–H and O–H groups in total. The quantitative estimate of drug-likeness (QED) is 0.622. The Morgan fingerprint density at radius 1 is 1.33 bits per heavy atom. The highest BCUT2D eigenvalue weighted by atomic mass is 16.6. The van der Waals surface area contributed by atoms with Gasteiger partial charge in [-0.3, -0.25) is 10.1 Å². The van der Waals surface area contributed by atoms with Gasteiger partial charge >= 0.3 is 5.69 Å². The van der Waals surface area contributed by atoms with Crippen LogP contribution in [0.1, 0.15) is 27.7 Å². The van der Waals surface area contributed by atoms with E-state index >= 15 is 0 Å². The number of hydrogen-bond donors (Lipinski definition) is 2. The Balaban J connectivity index is 2.96. The molecule has 0 aliphatic heterocycles. The van der Waals surface area contributed by atoms with Crippen LogP contribution >= 0.6 is 0 Å². The normalized spacial score (nSPS) is 11.1. The second kappa shape index (κ2) is 5.66. The Bertz CT molecular complexity index is 427. The molecule has 0 saturated heterocycles. The monoisotopic (exact) mass is 252 g/mol. The van der Waals surface area contributed by atoms with Gasteiger partial charge in [0, 0.05) is 19.2 Å². The van der Waals surface area contributed by atoms with Crippen molar-refractivity contribution >= 4 is 17.3 Å². The topological polar surface area (TPSA) is 80.1 Å². The molecule has 1 heterocycles. The lowest BCUT2D eigenvalue weighted by Crippen LogP contribution is -2.20. The summed E-state index contributed by atoms with van der Waals surface area (Å²) in [5, 5.41) is 17.0. The molecule has 0 unspecified atom stereocenters. The van der Waals surface area contributed by atoms with Crippen LogP contribution in [0.5, 0.6) is 0 Å². The van der Waals surface area contributed by atoms with Crippen LogP contribution in [-0.2, 0) is 0 Å².